The number of hydrogen-bond acceptors (Lipinski definition) is 7. The van der Waals surface area contributed by atoms with Crippen LogP contribution in [0.4, 0.5) is 5.69 Å². The Labute approximate surface area is 248 Å². The summed E-state index contributed by atoms with van der Waals surface area (Å²) in [7, 11) is 1.47. The van der Waals surface area contributed by atoms with Crippen LogP contribution in [0.3, 0.4) is 0 Å². The van der Waals surface area contributed by atoms with E-state index < -0.39 is 11.9 Å². The number of ether oxygens (including phenoxy) is 1. The summed E-state index contributed by atoms with van der Waals surface area (Å²) in [5.41, 5.74) is 6.63. The van der Waals surface area contributed by atoms with Gasteiger partial charge in [-0.3, -0.25) is 24.0 Å². The Kier molecular flexibility index (Phi) is 16.3. The minimum Gasteiger partial charge on any atom is -0.385 e. The molecule has 1 atom stereocenters. The Bertz CT molecular complexity index is 1130. The number of carbonyl (C=O) groups is 4. The van der Waals surface area contributed by atoms with Gasteiger partial charge in [-0.25, -0.2) is 5.48 Å². The number of carbonyl (C=O) groups excluding carboxylic acids is 4. The molecule has 1 aliphatic rings. The van der Waals surface area contributed by atoms with Crippen LogP contribution in [0.5, 0.6) is 0 Å². The maximum atomic E-state index is 12.7. The number of benzene rings is 2. The lowest BCUT2D eigenvalue weighted by Crippen LogP contribution is -2.51. The molecular weight excluding hydrogens is 538 g/mol. The highest BCUT2D eigenvalue weighted by atomic mass is 16.6. The molecule has 0 saturated heterocycles. The molecule has 4 amide bonds. The Morgan fingerprint density at radius 2 is 1.79 bits per heavy atom. The Balaban J connectivity index is 0.000000592. The molecule has 1 heterocycles. The van der Waals surface area contributed by atoms with Crippen LogP contribution in [0, 0.1) is 0 Å². The van der Waals surface area contributed by atoms with E-state index in [0.717, 1.165) is 49.0 Å². The second kappa shape index (κ2) is 20.0. The SMILES string of the molecule is CCCCONC(C)=O.COCC(NC(=O)CNC(=O)CCc1ccccc1)C(=O)NCc1cccc2c1NCCC2. The van der Waals surface area contributed by atoms with E-state index in [2.05, 4.69) is 39.7 Å². The summed E-state index contributed by atoms with van der Waals surface area (Å²) < 4.78 is 5.11. The van der Waals surface area contributed by atoms with Gasteiger partial charge in [0.15, 0.2) is 0 Å². The number of aryl methyl sites for hydroxylation is 2. The van der Waals surface area contributed by atoms with Crippen LogP contribution in [-0.2, 0) is 48.1 Å². The third-order valence-electron chi connectivity index (χ3n) is 6.35. The molecule has 2 aromatic rings. The van der Waals surface area contributed by atoms with Gasteiger partial charge in [0.1, 0.15) is 6.04 Å². The molecule has 1 aliphatic heterocycles. The number of para-hydroxylation sites is 1. The molecule has 0 saturated carbocycles. The van der Waals surface area contributed by atoms with Crippen molar-refractivity contribution < 1.29 is 28.8 Å². The molecule has 0 aromatic heterocycles. The van der Waals surface area contributed by atoms with Gasteiger partial charge in [0.05, 0.1) is 19.8 Å². The minimum atomic E-state index is -0.851. The van der Waals surface area contributed by atoms with E-state index >= 15 is 0 Å². The molecule has 0 radical (unpaired) electrons. The Morgan fingerprint density at radius 1 is 1.00 bits per heavy atom. The number of rotatable bonds is 15. The molecule has 0 spiro atoms. The van der Waals surface area contributed by atoms with Gasteiger partial charge in [-0.1, -0.05) is 61.9 Å². The number of hydrogen-bond donors (Lipinski definition) is 5. The first kappa shape index (κ1) is 34.2. The lowest BCUT2D eigenvalue weighted by molar-refractivity contribution is -0.131. The van der Waals surface area contributed by atoms with Crippen LogP contribution in [-0.4, -0.2) is 63.1 Å². The van der Waals surface area contributed by atoms with Crippen molar-refractivity contribution in [2.75, 3.05) is 38.7 Å². The highest BCUT2D eigenvalue weighted by Crippen LogP contribution is 2.25. The first-order valence-electron chi connectivity index (χ1n) is 14.4. The van der Waals surface area contributed by atoms with Crippen LogP contribution in [0.15, 0.2) is 48.5 Å². The van der Waals surface area contributed by atoms with Gasteiger partial charge in [-0.05, 0) is 42.4 Å². The number of fused-ring (bicyclic) bond motifs is 1. The smallest absolute Gasteiger partial charge is 0.245 e. The predicted octanol–water partition coefficient (Wildman–Crippen LogP) is 2.40. The van der Waals surface area contributed by atoms with Crippen molar-refractivity contribution in [2.24, 2.45) is 0 Å². The number of anilines is 1. The first-order chi connectivity index (χ1) is 20.3. The maximum absolute atomic E-state index is 12.7. The number of methoxy groups -OCH3 is 1. The summed E-state index contributed by atoms with van der Waals surface area (Å²) in [6.45, 7) is 5.19. The summed E-state index contributed by atoms with van der Waals surface area (Å²) in [5.74, 6) is -1.15. The molecule has 0 aliphatic carbocycles. The maximum Gasteiger partial charge on any atom is 0.245 e. The summed E-state index contributed by atoms with van der Waals surface area (Å²) in [6, 6.07) is 14.9. The zero-order valence-electron chi connectivity index (χ0n) is 24.9. The van der Waals surface area contributed by atoms with E-state index in [1.165, 1.54) is 19.6 Å². The molecule has 1 unspecified atom stereocenters. The normalized spacial score (nSPS) is 12.4. The molecule has 11 nitrogen and oxygen atoms in total. The number of amides is 4. The van der Waals surface area contributed by atoms with Gasteiger partial charge in [-0.2, -0.15) is 0 Å². The third-order valence-corrected chi connectivity index (χ3v) is 6.35. The molecule has 2 aromatic carbocycles. The zero-order valence-corrected chi connectivity index (χ0v) is 24.9. The highest BCUT2D eigenvalue weighted by Gasteiger charge is 2.21. The van der Waals surface area contributed by atoms with Crippen molar-refractivity contribution in [2.45, 2.75) is 65.0 Å². The van der Waals surface area contributed by atoms with E-state index in [-0.39, 0.29) is 37.3 Å². The lowest BCUT2D eigenvalue weighted by Gasteiger charge is -2.22. The largest absolute Gasteiger partial charge is 0.385 e. The third kappa shape index (κ3) is 13.6. The average Bonchev–Trinajstić information content (AvgIpc) is 3.00. The van der Waals surface area contributed by atoms with Crippen molar-refractivity contribution in [1.29, 1.82) is 0 Å². The summed E-state index contributed by atoms with van der Waals surface area (Å²) >= 11 is 0. The fourth-order valence-corrected chi connectivity index (χ4v) is 4.17. The van der Waals surface area contributed by atoms with Crippen molar-refractivity contribution in [1.82, 2.24) is 21.4 Å². The van der Waals surface area contributed by atoms with Crippen molar-refractivity contribution >= 4 is 29.3 Å². The van der Waals surface area contributed by atoms with Crippen LogP contribution >= 0.6 is 0 Å². The van der Waals surface area contributed by atoms with Crippen LogP contribution in [0.2, 0.25) is 0 Å². The van der Waals surface area contributed by atoms with Crippen LogP contribution in [0.1, 0.15) is 56.2 Å². The van der Waals surface area contributed by atoms with Gasteiger partial charge in [0.25, 0.3) is 0 Å². The first-order valence-corrected chi connectivity index (χ1v) is 14.4. The van der Waals surface area contributed by atoms with Gasteiger partial charge in [0, 0.05) is 39.2 Å². The summed E-state index contributed by atoms with van der Waals surface area (Å²) in [6.07, 6.45) is 5.06. The van der Waals surface area contributed by atoms with E-state index in [1.54, 1.807) is 0 Å². The van der Waals surface area contributed by atoms with Gasteiger partial charge < -0.3 is 26.0 Å². The fourth-order valence-electron chi connectivity index (χ4n) is 4.17. The standard InChI is InChI=1S/C25H32N4O4.C6H13NO2/c1-33-17-21(25(32)28-15-20-10-5-9-19-11-6-14-26-24(19)20)29-23(31)16-27-22(30)13-12-18-7-3-2-4-8-18;1-3-4-5-9-7-6(2)8/h2-5,7-10,21,26H,6,11-17H2,1H3,(H,27,30)(H,28,32)(H,29,31);3-5H2,1-2H3,(H,7,8). The number of nitrogens with one attached hydrogen (secondary N) is 5. The van der Waals surface area contributed by atoms with E-state index in [0.29, 0.717) is 19.6 Å². The van der Waals surface area contributed by atoms with Crippen LogP contribution < -0.4 is 26.7 Å². The van der Waals surface area contributed by atoms with Crippen LogP contribution in [0.25, 0.3) is 0 Å². The van der Waals surface area contributed by atoms with Gasteiger partial charge >= 0.3 is 0 Å². The Hall–Kier alpha value is -3.96. The highest BCUT2D eigenvalue weighted by molar-refractivity contribution is 5.90. The van der Waals surface area contributed by atoms with Crippen molar-refractivity contribution in [3.63, 3.8) is 0 Å². The molecule has 5 N–H and O–H groups in total. The molecule has 230 valence electrons. The average molecular weight is 584 g/mol. The van der Waals surface area contributed by atoms with E-state index in [4.69, 9.17) is 9.57 Å². The molecular formula is C31H45N5O6. The van der Waals surface area contributed by atoms with E-state index in [9.17, 15) is 19.2 Å². The van der Waals surface area contributed by atoms with E-state index in [1.807, 2.05) is 42.5 Å². The molecule has 42 heavy (non-hydrogen) atoms. The summed E-state index contributed by atoms with van der Waals surface area (Å²) in [5, 5.41) is 11.5. The second-order valence-corrected chi connectivity index (χ2v) is 9.90. The topological polar surface area (TPSA) is 147 Å². The lowest BCUT2D eigenvalue weighted by atomic mass is 9.99. The quantitative estimate of drug-likeness (QED) is 0.160. The second-order valence-electron chi connectivity index (χ2n) is 9.90. The predicted molar refractivity (Wildman–Crippen MR) is 161 cm³/mol. The molecule has 11 heteroatoms. The monoisotopic (exact) mass is 583 g/mol. The Morgan fingerprint density at radius 3 is 2.50 bits per heavy atom. The number of hydroxylamine groups is 1. The minimum absolute atomic E-state index is 0.0324. The van der Waals surface area contributed by atoms with Gasteiger partial charge in [-0.15, -0.1) is 0 Å². The molecule has 0 bridgehead atoms. The molecule has 3 rings (SSSR count). The molecule has 0 fully saturated rings. The van der Waals surface area contributed by atoms with Crippen molar-refractivity contribution in [3.05, 3.63) is 65.2 Å². The zero-order chi connectivity index (χ0) is 30.6. The summed E-state index contributed by atoms with van der Waals surface area (Å²) in [4.78, 5) is 51.9. The van der Waals surface area contributed by atoms with Crippen molar-refractivity contribution in [3.8, 4) is 0 Å². The fraction of sp³-hybridized carbons (Fsp3) is 0.484. The number of unbranched alkanes of at least 4 members (excludes halogenated alkanes) is 1. The van der Waals surface area contributed by atoms with Gasteiger partial charge in [0.2, 0.25) is 23.6 Å².